The number of thiazole rings is 1. The fraction of sp³-hybridized carbons (Fsp3) is 0.579. The zero-order valence-electron chi connectivity index (χ0n) is 17.3. The van der Waals surface area contributed by atoms with Gasteiger partial charge in [0.15, 0.2) is 11.4 Å². The third kappa shape index (κ3) is 6.22. The normalized spacial score (nSPS) is 11.7. The van der Waals surface area contributed by atoms with Crippen LogP contribution in [0.25, 0.3) is 10.6 Å². The van der Waals surface area contributed by atoms with Crippen molar-refractivity contribution in [3.8, 4) is 10.6 Å². The lowest BCUT2D eigenvalue weighted by atomic mass is 9.95. The molecule has 0 aromatic carbocycles. The van der Waals surface area contributed by atoms with Crippen molar-refractivity contribution >= 4 is 22.5 Å². The van der Waals surface area contributed by atoms with E-state index in [-0.39, 0.29) is 18.0 Å². The van der Waals surface area contributed by atoms with Gasteiger partial charge in [-0.05, 0) is 26.8 Å². The smallest absolute Gasteiger partial charge is 0.321 e. The van der Waals surface area contributed by atoms with Gasteiger partial charge >= 0.3 is 6.03 Å². The average molecular weight is 408 g/mol. The van der Waals surface area contributed by atoms with Gasteiger partial charge in [0, 0.05) is 24.8 Å². The van der Waals surface area contributed by atoms with Crippen molar-refractivity contribution in [3.63, 3.8) is 0 Å². The number of urea groups is 1. The molecule has 2 amide bonds. The summed E-state index contributed by atoms with van der Waals surface area (Å²) < 4.78 is 10.8. The summed E-state index contributed by atoms with van der Waals surface area (Å²) >= 11 is 1.38. The molecule has 0 aliphatic rings. The Morgan fingerprint density at radius 1 is 1.21 bits per heavy atom. The molecule has 2 aromatic heterocycles. The lowest BCUT2D eigenvalue weighted by Gasteiger charge is -2.17. The molecule has 8 nitrogen and oxygen atoms in total. The highest BCUT2D eigenvalue weighted by molar-refractivity contribution is 7.19. The summed E-state index contributed by atoms with van der Waals surface area (Å²) in [5.74, 6) is 0.767. The third-order valence-electron chi connectivity index (χ3n) is 3.71. The number of rotatable bonds is 8. The topological polar surface area (TPSA) is 98.3 Å². The zero-order chi connectivity index (χ0) is 20.7. The van der Waals surface area contributed by atoms with Crippen LogP contribution < -0.4 is 10.6 Å². The highest BCUT2D eigenvalue weighted by Crippen LogP contribution is 2.32. The Morgan fingerprint density at radius 3 is 2.50 bits per heavy atom. The summed E-state index contributed by atoms with van der Waals surface area (Å²) in [6.45, 7) is 13.1. The number of nitrogens with zero attached hydrogens (tertiary/aromatic N) is 3. The van der Waals surface area contributed by atoms with E-state index in [1.165, 1.54) is 11.3 Å². The van der Waals surface area contributed by atoms with Gasteiger partial charge in [-0.25, -0.2) is 19.7 Å². The van der Waals surface area contributed by atoms with E-state index in [9.17, 15) is 4.79 Å². The van der Waals surface area contributed by atoms with Gasteiger partial charge in [-0.3, -0.25) is 5.32 Å². The first-order chi connectivity index (χ1) is 13.2. The largest absolute Gasteiger partial charge is 0.351 e. The monoisotopic (exact) mass is 407 g/mol. The molecule has 0 aliphatic heterocycles. The van der Waals surface area contributed by atoms with Gasteiger partial charge in [0.1, 0.15) is 5.82 Å². The number of ether oxygens (including phenoxy) is 2. The Morgan fingerprint density at radius 2 is 1.89 bits per heavy atom. The predicted octanol–water partition coefficient (Wildman–Crippen LogP) is 3.73. The second-order valence-electron chi connectivity index (χ2n) is 7.12. The van der Waals surface area contributed by atoms with Gasteiger partial charge in [-0.1, -0.05) is 32.1 Å². The fourth-order valence-electron chi connectivity index (χ4n) is 2.39. The molecule has 2 N–H and O–H groups in total. The van der Waals surface area contributed by atoms with Crippen molar-refractivity contribution in [1.29, 1.82) is 0 Å². The molecule has 0 saturated carbocycles. The quantitative estimate of drug-likeness (QED) is 0.647. The molecule has 0 fully saturated rings. The van der Waals surface area contributed by atoms with E-state index >= 15 is 0 Å². The average Bonchev–Trinajstić information content (AvgIpc) is 2.99. The van der Waals surface area contributed by atoms with Gasteiger partial charge in [0.05, 0.1) is 22.8 Å². The van der Waals surface area contributed by atoms with E-state index in [0.29, 0.717) is 18.3 Å². The van der Waals surface area contributed by atoms with E-state index in [0.717, 1.165) is 22.1 Å². The maximum atomic E-state index is 12.2. The summed E-state index contributed by atoms with van der Waals surface area (Å²) in [6, 6.07) is 1.50. The highest BCUT2D eigenvalue weighted by Gasteiger charge is 2.20. The first-order valence-electron chi connectivity index (χ1n) is 9.34. The Hall–Kier alpha value is -2.10. The summed E-state index contributed by atoms with van der Waals surface area (Å²) in [4.78, 5) is 26.6. The Labute approximate surface area is 170 Å². The zero-order valence-corrected chi connectivity index (χ0v) is 18.1. The summed E-state index contributed by atoms with van der Waals surface area (Å²) in [5.41, 5.74) is 1.46. The van der Waals surface area contributed by atoms with Gasteiger partial charge in [0.25, 0.3) is 0 Å². The molecule has 2 rings (SSSR count). The number of anilines is 1. The number of hydrogen-bond donors (Lipinski definition) is 2. The first kappa shape index (κ1) is 22.2. The molecule has 0 bridgehead atoms. The van der Waals surface area contributed by atoms with Crippen LogP contribution in [0.15, 0.2) is 12.3 Å². The maximum absolute atomic E-state index is 12.2. The molecule has 2 heterocycles. The van der Waals surface area contributed by atoms with Crippen molar-refractivity contribution in [2.75, 3.05) is 25.1 Å². The summed E-state index contributed by atoms with van der Waals surface area (Å²) in [5, 5.41) is 6.00. The van der Waals surface area contributed by atoms with Crippen molar-refractivity contribution < 1.29 is 14.3 Å². The Kier molecular flexibility index (Phi) is 7.85. The van der Waals surface area contributed by atoms with Gasteiger partial charge in [-0.2, -0.15) is 0 Å². The maximum Gasteiger partial charge on any atom is 0.321 e. The molecule has 9 heteroatoms. The van der Waals surface area contributed by atoms with Crippen LogP contribution in [0.5, 0.6) is 0 Å². The standard InChI is InChI=1S/C19H29N5O3S/c1-7-26-14(27-8-2)11-21-17(25)24-18-22-12(3)15(28-18)13-9-10-20-16(23-13)19(4,5)6/h9-10,14H,7-8,11H2,1-6H3,(H2,21,22,24,25). The Bertz CT molecular complexity index is 782. The number of aromatic nitrogens is 3. The third-order valence-corrected chi connectivity index (χ3v) is 4.81. The van der Waals surface area contributed by atoms with Crippen LogP contribution in [-0.2, 0) is 14.9 Å². The van der Waals surface area contributed by atoms with E-state index in [4.69, 9.17) is 9.47 Å². The van der Waals surface area contributed by atoms with Crippen LogP contribution in [0.3, 0.4) is 0 Å². The predicted molar refractivity (Wildman–Crippen MR) is 111 cm³/mol. The van der Waals surface area contributed by atoms with Crippen LogP contribution in [0.1, 0.15) is 46.1 Å². The van der Waals surface area contributed by atoms with Crippen LogP contribution in [-0.4, -0.2) is 47.0 Å². The van der Waals surface area contributed by atoms with Crippen molar-refractivity contribution in [2.24, 2.45) is 0 Å². The number of carbonyl (C=O) groups is 1. The number of hydrogen-bond acceptors (Lipinski definition) is 7. The minimum absolute atomic E-state index is 0.146. The number of carbonyl (C=O) groups excluding carboxylic acids is 1. The van der Waals surface area contributed by atoms with Crippen molar-refractivity contribution in [3.05, 3.63) is 23.8 Å². The van der Waals surface area contributed by atoms with Crippen molar-refractivity contribution in [1.82, 2.24) is 20.3 Å². The van der Waals surface area contributed by atoms with E-state index in [1.807, 2.05) is 26.8 Å². The summed E-state index contributed by atoms with van der Waals surface area (Å²) in [6.07, 6.45) is 1.29. The van der Waals surface area contributed by atoms with E-state index in [1.54, 1.807) is 6.20 Å². The molecule has 0 radical (unpaired) electrons. The lowest BCUT2D eigenvalue weighted by Crippen LogP contribution is -2.37. The fourth-order valence-corrected chi connectivity index (χ4v) is 3.32. The second kappa shape index (κ2) is 9.90. The molecular formula is C19H29N5O3S. The number of amides is 2. The lowest BCUT2D eigenvalue weighted by molar-refractivity contribution is -0.131. The molecule has 2 aromatic rings. The Balaban J connectivity index is 2.05. The minimum atomic E-state index is -0.467. The van der Waals surface area contributed by atoms with Crippen LogP contribution in [0, 0.1) is 6.92 Å². The molecule has 0 aliphatic carbocycles. The van der Waals surface area contributed by atoms with Gasteiger partial charge in [-0.15, -0.1) is 0 Å². The first-order valence-corrected chi connectivity index (χ1v) is 10.2. The summed E-state index contributed by atoms with van der Waals surface area (Å²) in [7, 11) is 0. The molecule has 0 unspecified atom stereocenters. The number of nitrogens with one attached hydrogen (secondary N) is 2. The minimum Gasteiger partial charge on any atom is -0.351 e. The molecule has 0 saturated heterocycles. The molecular weight excluding hydrogens is 378 g/mol. The molecule has 28 heavy (non-hydrogen) atoms. The van der Waals surface area contributed by atoms with Crippen LogP contribution in [0.2, 0.25) is 0 Å². The van der Waals surface area contributed by atoms with Crippen LogP contribution in [0.4, 0.5) is 9.93 Å². The highest BCUT2D eigenvalue weighted by atomic mass is 32.1. The number of aryl methyl sites for hydroxylation is 1. The van der Waals surface area contributed by atoms with Crippen molar-refractivity contribution in [2.45, 2.75) is 53.2 Å². The van der Waals surface area contributed by atoms with Gasteiger partial charge in [0.2, 0.25) is 0 Å². The second-order valence-corrected chi connectivity index (χ2v) is 8.12. The van der Waals surface area contributed by atoms with Gasteiger partial charge < -0.3 is 14.8 Å². The molecule has 154 valence electrons. The van der Waals surface area contributed by atoms with Crippen LogP contribution >= 0.6 is 11.3 Å². The SMILES string of the molecule is CCOC(CNC(=O)Nc1nc(C)c(-c2ccnc(C(C)(C)C)n2)s1)OCC. The van der Waals surface area contributed by atoms with E-state index < -0.39 is 6.29 Å². The molecule has 0 spiro atoms. The molecule has 0 atom stereocenters. The van der Waals surface area contributed by atoms with E-state index in [2.05, 4.69) is 46.4 Å².